The minimum atomic E-state index is -0.471. The van der Waals surface area contributed by atoms with Crippen LogP contribution in [0.1, 0.15) is 25.7 Å². The predicted molar refractivity (Wildman–Crippen MR) is 74.9 cm³/mol. The molecule has 2 saturated heterocycles. The summed E-state index contributed by atoms with van der Waals surface area (Å²) in [7, 11) is 0. The first kappa shape index (κ1) is 13.8. The molecular formula is C10H13BrN6O2S. The van der Waals surface area contributed by atoms with E-state index in [2.05, 4.69) is 41.9 Å². The van der Waals surface area contributed by atoms with E-state index < -0.39 is 6.04 Å². The Balaban J connectivity index is 1.84. The van der Waals surface area contributed by atoms with Crippen LogP contribution in [0.4, 0.5) is 0 Å². The number of alkyl halides is 1. The monoisotopic (exact) mass is 360 g/mol. The molecule has 2 fully saturated rings. The number of tetrazole rings is 1. The number of carbonyl (C=O) groups excluding carboxylic acids is 2. The SMILES string of the molecule is CC1(C)SC2C(NC(=O)CBr)C(=O)N2C1c1nn[nH]n1. The zero-order valence-corrected chi connectivity index (χ0v) is 13.2. The molecule has 1 aromatic heterocycles. The summed E-state index contributed by atoms with van der Waals surface area (Å²) in [6.45, 7) is 4.07. The van der Waals surface area contributed by atoms with Crippen LogP contribution in [-0.4, -0.2) is 58.8 Å². The van der Waals surface area contributed by atoms with Crippen molar-refractivity contribution in [1.82, 2.24) is 30.8 Å². The number of thioether (sulfide) groups is 1. The van der Waals surface area contributed by atoms with Gasteiger partial charge in [0.2, 0.25) is 11.8 Å². The van der Waals surface area contributed by atoms with Crippen molar-refractivity contribution in [3.8, 4) is 0 Å². The van der Waals surface area contributed by atoms with E-state index in [-0.39, 0.29) is 33.3 Å². The number of fused-ring (bicyclic) bond motifs is 1. The van der Waals surface area contributed by atoms with E-state index in [0.717, 1.165) is 0 Å². The topological polar surface area (TPSA) is 104 Å². The Labute approximate surface area is 127 Å². The zero-order chi connectivity index (χ0) is 14.5. The second-order valence-corrected chi connectivity index (χ2v) is 7.54. The summed E-state index contributed by atoms with van der Waals surface area (Å²) in [6, 6.07) is -0.706. The van der Waals surface area contributed by atoms with Gasteiger partial charge >= 0.3 is 0 Å². The highest BCUT2D eigenvalue weighted by molar-refractivity contribution is 9.09. The van der Waals surface area contributed by atoms with Gasteiger partial charge in [-0.15, -0.1) is 22.0 Å². The van der Waals surface area contributed by atoms with Crippen molar-refractivity contribution in [2.75, 3.05) is 5.33 Å². The average molecular weight is 361 g/mol. The molecule has 108 valence electrons. The van der Waals surface area contributed by atoms with Crippen molar-refractivity contribution in [2.24, 2.45) is 0 Å². The highest BCUT2D eigenvalue weighted by Crippen LogP contribution is 2.56. The molecule has 0 bridgehead atoms. The summed E-state index contributed by atoms with van der Waals surface area (Å²) in [4.78, 5) is 25.5. The normalized spacial score (nSPS) is 30.9. The van der Waals surface area contributed by atoms with Crippen LogP contribution < -0.4 is 5.32 Å². The minimum Gasteiger partial charge on any atom is -0.341 e. The molecule has 8 nitrogen and oxygen atoms in total. The molecule has 2 aliphatic rings. The molecule has 0 aliphatic carbocycles. The van der Waals surface area contributed by atoms with Gasteiger partial charge in [0, 0.05) is 4.75 Å². The van der Waals surface area contributed by atoms with Gasteiger partial charge in [-0.1, -0.05) is 21.1 Å². The van der Waals surface area contributed by atoms with Crippen LogP contribution in [0.25, 0.3) is 0 Å². The molecule has 3 atom stereocenters. The number of carbonyl (C=O) groups is 2. The van der Waals surface area contributed by atoms with Crippen molar-refractivity contribution < 1.29 is 9.59 Å². The fraction of sp³-hybridized carbons (Fsp3) is 0.700. The Morgan fingerprint density at radius 2 is 2.35 bits per heavy atom. The van der Waals surface area contributed by atoms with Gasteiger partial charge in [0.15, 0.2) is 5.82 Å². The maximum absolute atomic E-state index is 12.3. The molecule has 1 aromatic rings. The van der Waals surface area contributed by atoms with Crippen LogP contribution in [0.5, 0.6) is 0 Å². The summed E-state index contributed by atoms with van der Waals surface area (Å²) < 4.78 is -0.238. The van der Waals surface area contributed by atoms with Gasteiger partial charge in [-0.2, -0.15) is 5.21 Å². The van der Waals surface area contributed by atoms with E-state index in [0.29, 0.717) is 5.82 Å². The molecule has 20 heavy (non-hydrogen) atoms. The lowest BCUT2D eigenvalue weighted by atomic mass is 9.95. The van der Waals surface area contributed by atoms with E-state index in [1.54, 1.807) is 16.7 Å². The third-order valence-corrected chi connectivity index (χ3v) is 5.57. The number of nitrogens with one attached hydrogen (secondary N) is 2. The van der Waals surface area contributed by atoms with Crippen LogP contribution in [-0.2, 0) is 9.59 Å². The lowest BCUT2D eigenvalue weighted by molar-refractivity contribution is -0.151. The molecule has 2 aliphatic heterocycles. The summed E-state index contributed by atoms with van der Waals surface area (Å²) in [5, 5.41) is 16.8. The van der Waals surface area contributed by atoms with Crippen LogP contribution in [0.3, 0.4) is 0 Å². The lowest BCUT2D eigenvalue weighted by Gasteiger charge is -2.43. The second kappa shape index (κ2) is 4.69. The Kier molecular flexibility index (Phi) is 3.24. The summed E-state index contributed by atoms with van der Waals surface area (Å²) >= 11 is 4.72. The van der Waals surface area contributed by atoms with Crippen molar-refractivity contribution in [2.45, 2.75) is 36.1 Å². The molecule has 0 radical (unpaired) electrons. The first-order valence-corrected chi connectivity index (χ1v) is 8.04. The smallest absolute Gasteiger partial charge is 0.249 e. The van der Waals surface area contributed by atoms with E-state index in [9.17, 15) is 9.59 Å². The largest absolute Gasteiger partial charge is 0.341 e. The van der Waals surface area contributed by atoms with Crippen molar-refractivity contribution in [3.05, 3.63) is 5.82 Å². The summed E-state index contributed by atoms with van der Waals surface area (Å²) in [5.41, 5.74) is 0. The number of rotatable bonds is 3. The molecular weight excluding hydrogens is 348 g/mol. The molecule has 0 aromatic carbocycles. The van der Waals surface area contributed by atoms with Crippen LogP contribution >= 0.6 is 27.7 Å². The molecule has 0 spiro atoms. The maximum Gasteiger partial charge on any atom is 0.249 e. The molecule has 2 amide bonds. The van der Waals surface area contributed by atoms with E-state index in [1.807, 2.05) is 13.8 Å². The zero-order valence-electron chi connectivity index (χ0n) is 10.8. The number of β-lactam (4-membered cyclic amide) rings is 1. The van der Waals surface area contributed by atoms with Gasteiger partial charge < -0.3 is 10.2 Å². The van der Waals surface area contributed by atoms with Gasteiger partial charge in [0.05, 0.1) is 5.33 Å². The molecule has 3 rings (SSSR count). The number of aromatic nitrogens is 4. The van der Waals surface area contributed by atoms with E-state index in [1.165, 1.54) is 0 Å². The van der Waals surface area contributed by atoms with Gasteiger partial charge in [0.1, 0.15) is 17.5 Å². The van der Waals surface area contributed by atoms with Crippen LogP contribution in [0.2, 0.25) is 0 Å². The first-order valence-electron chi connectivity index (χ1n) is 6.04. The number of H-pyrrole nitrogens is 1. The number of aromatic amines is 1. The molecule has 2 N–H and O–H groups in total. The fourth-order valence-corrected chi connectivity index (χ4v) is 4.45. The molecule has 3 heterocycles. The van der Waals surface area contributed by atoms with Crippen molar-refractivity contribution in [3.63, 3.8) is 0 Å². The number of hydrogen-bond acceptors (Lipinski definition) is 6. The predicted octanol–water partition coefficient (Wildman–Crippen LogP) is -0.186. The quantitative estimate of drug-likeness (QED) is 0.572. The minimum absolute atomic E-state index is 0.0796. The average Bonchev–Trinajstić information content (AvgIpc) is 2.99. The standard InChI is InChI=1S/C10H13BrN6O2S/c1-10(2)6(7-13-15-16-14-7)17-8(19)5(9(17)20-10)12-4(18)3-11/h5-6,9H,3H2,1-2H3,(H,12,18)(H,13,14,15,16). The third kappa shape index (κ3) is 1.93. The highest BCUT2D eigenvalue weighted by atomic mass is 79.9. The fourth-order valence-electron chi connectivity index (χ4n) is 2.66. The number of nitrogens with zero attached hydrogens (tertiary/aromatic N) is 4. The van der Waals surface area contributed by atoms with Crippen LogP contribution in [0.15, 0.2) is 0 Å². The van der Waals surface area contributed by atoms with Gasteiger partial charge in [0.25, 0.3) is 0 Å². The number of amides is 2. The van der Waals surface area contributed by atoms with Gasteiger partial charge in [-0.25, -0.2) is 0 Å². The summed E-state index contributed by atoms with van der Waals surface area (Å²) in [5.74, 6) is 0.213. The molecule has 10 heteroatoms. The Bertz CT molecular complexity index is 550. The molecule has 0 saturated carbocycles. The maximum atomic E-state index is 12.3. The van der Waals surface area contributed by atoms with Crippen LogP contribution in [0, 0.1) is 0 Å². The lowest BCUT2D eigenvalue weighted by Crippen LogP contribution is -2.68. The highest BCUT2D eigenvalue weighted by Gasteiger charge is 2.63. The number of hydrogen-bond donors (Lipinski definition) is 2. The molecule has 3 unspecified atom stereocenters. The summed E-state index contributed by atoms with van der Waals surface area (Å²) in [6.07, 6.45) is 0. The Morgan fingerprint density at radius 3 is 2.95 bits per heavy atom. The first-order chi connectivity index (χ1) is 9.45. The van der Waals surface area contributed by atoms with E-state index in [4.69, 9.17) is 0 Å². The second-order valence-electron chi connectivity index (χ2n) is 5.21. The Morgan fingerprint density at radius 1 is 1.60 bits per heavy atom. The van der Waals surface area contributed by atoms with Gasteiger partial charge in [-0.05, 0) is 13.8 Å². The number of halogens is 1. The van der Waals surface area contributed by atoms with Crippen molar-refractivity contribution in [1.29, 1.82) is 0 Å². The van der Waals surface area contributed by atoms with Gasteiger partial charge in [-0.3, -0.25) is 9.59 Å². The van der Waals surface area contributed by atoms with Crippen molar-refractivity contribution >= 4 is 39.5 Å². The third-order valence-electron chi connectivity index (χ3n) is 3.49. The van der Waals surface area contributed by atoms with E-state index >= 15 is 0 Å². The Hall–Kier alpha value is -1.16.